The van der Waals surface area contributed by atoms with Crippen LogP contribution in [0.3, 0.4) is 0 Å². The average molecular weight is 491 g/mol. The van der Waals surface area contributed by atoms with Crippen molar-refractivity contribution < 1.29 is 14.4 Å². The maximum Gasteiger partial charge on any atom is 0.440 e. The summed E-state index contributed by atoms with van der Waals surface area (Å²) in [5.41, 5.74) is 3.25. The fourth-order valence-corrected chi connectivity index (χ4v) is 4.09. The second-order valence-electron chi connectivity index (χ2n) is 7.70. The lowest BCUT2D eigenvalue weighted by atomic mass is 10.1. The van der Waals surface area contributed by atoms with Crippen molar-refractivity contribution in [1.29, 1.82) is 0 Å². The molecule has 34 heavy (non-hydrogen) atoms. The Hall–Kier alpha value is -3.67. The van der Waals surface area contributed by atoms with Crippen LogP contribution in [0.4, 0.5) is 16.2 Å². The minimum atomic E-state index is -0.560. The third kappa shape index (κ3) is 4.53. The number of carbonyl (C=O) groups is 1. The highest BCUT2D eigenvalue weighted by molar-refractivity contribution is 6.42. The first-order valence-electron chi connectivity index (χ1n) is 10.7. The highest BCUT2D eigenvalue weighted by Crippen LogP contribution is 2.41. The number of hydrogen-bond acceptors (Lipinski definition) is 4. The average Bonchev–Trinajstić information content (AvgIpc) is 3.23. The van der Waals surface area contributed by atoms with Crippen LogP contribution in [-0.2, 0) is 11.4 Å². The van der Waals surface area contributed by atoms with Crippen molar-refractivity contribution in [3.8, 4) is 5.75 Å². The van der Waals surface area contributed by atoms with Crippen LogP contribution in [0.25, 0.3) is 0 Å². The van der Waals surface area contributed by atoms with Gasteiger partial charge in [-0.3, -0.25) is 0 Å². The first-order valence-corrected chi connectivity index (χ1v) is 11.4. The fourth-order valence-electron chi connectivity index (χ4n) is 3.79. The Morgan fingerprint density at radius 3 is 2.12 bits per heavy atom. The molecule has 1 aliphatic rings. The summed E-state index contributed by atoms with van der Waals surface area (Å²) in [4.78, 5) is 20.3. The molecule has 4 aromatic rings. The van der Waals surface area contributed by atoms with Crippen molar-refractivity contribution in [2.45, 2.75) is 12.8 Å². The molecule has 1 unspecified atom stereocenters. The van der Waals surface area contributed by atoms with Crippen LogP contribution in [-0.4, -0.2) is 6.09 Å². The highest BCUT2D eigenvalue weighted by atomic mass is 35.5. The lowest BCUT2D eigenvalue weighted by Gasteiger charge is -2.27. The zero-order valence-corrected chi connectivity index (χ0v) is 19.5. The molecule has 0 N–H and O–H groups in total. The van der Waals surface area contributed by atoms with E-state index in [4.69, 9.17) is 32.8 Å². The summed E-state index contributed by atoms with van der Waals surface area (Å²) in [5.74, 6) is 0.727. The molecule has 170 valence electrons. The number of carbonyl (C=O) groups excluding carboxylic acids is 1. The Morgan fingerprint density at radius 1 is 0.765 bits per heavy atom. The van der Waals surface area contributed by atoms with Gasteiger partial charge in [0.25, 0.3) is 0 Å². The van der Waals surface area contributed by atoms with Crippen LogP contribution >= 0.6 is 23.2 Å². The Morgan fingerprint density at radius 2 is 1.44 bits per heavy atom. The summed E-state index contributed by atoms with van der Waals surface area (Å²) < 4.78 is 5.93. The molecule has 1 atom stereocenters. The van der Waals surface area contributed by atoms with E-state index in [1.165, 1.54) is 0 Å². The Kier molecular flexibility index (Phi) is 6.30. The Labute approximate surface area is 207 Å². The molecule has 4 aromatic carbocycles. The summed E-state index contributed by atoms with van der Waals surface area (Å²) in [6, 6.07) is 32.1. The number of nitrogens with zero attached hydrogens (tertiary/aromatic N) is 2. The van der Waals surface area contributed by atoms with Crippen molar-refractivity contribution in [3.05, 3.63) is 124 Å². The molecular formula is C27H20Cl2N2O3. The number of hydroxylamine groups is 1. The summed E-state index contributed by atoms with van der Waals surface area (Å²) in [7, 11) is 0. The molecule has 1 heterocycles. The van der Waals surface area contributed by atoms with Crippen molar-refractivity contribution in [2.24, 2.45) is 0 Å². The van der Waals surface area contributed by atoms with Gasteiger partial charge in [0.1, 0.15) is 12.4 Å². The van der Waals surface area contributed by atoms with E-state index in [1.807, 2.05) is 84.9 Å². The normalized spacial score (nSPS) is 15.4. The van der Waals surface area contributed by atoms with Crippen LogP contribution in [0.5, 0.6) is 5.75 Å². The monoisotopic (exact) mass is 490 g/mol. The zero-order chi connectivity index (χ0) is 23.5. The van der Waals surface area contributed by atoms with E-state index in [9.17, 15) is 4.79 Å². The molecule has 0 saturated carbocycles. The standard InChI is InChI=1S/C27H20Cl2N2O3/c28-24-16-13-22(17-25(24)29)30-26(31(34-27(30)32)21-9-5-2-6-10-21)20-11-14-23(15-12-20)33-18-19-7-3-1-4-8-19/h1-17,26H,18H2. The predicted molar refractivity (Wildman–Crippen MR) is 134 cm³/mol. The van der Waals surface area contributed by atoms with E-state index < -0.39 is 12.3 Å². The topological polar surface area (TPSA) is 42.0 Å². The molecule has 7 heteroatoms. The Bertz CT molecular complexity index is 1280. The number of hydrogen-bond donors (Lipinski definition) is 0. The molecule has 0 aliphatic carbocycles. The smallest absolute Gasteiger partial charge is 0.440 e. The molecule has 1 saturated heterocycles. The molecule has 0 aromatic heterocycles. The number of ether oxygens (including phenoxy) is 1. The molecule has 1 aliphatic heterocycles. The molecule has 0 spiro atoms. The molecule has 5 nitrogen and oxygen atoms in total. The second kappa shape index (κ2) is 9.67. The maximum absolute atomic E-state index is 13.0. The SMILES string of the molecule is O=C1ON(c2ccccc2)C(c2ccc(OCc3ccccc3)cc2)N1c1ccc(Cl)c(Cl)c1. The number of benzene rings is 4. The van der Waals surface area contributed by atoms with E-state index in [0.29, 0.717) is 22.3 Å². The summed E-state index contributed by atoms with van der Waals surface area (Å²) >= 11 is 12.4. The summed E-state index contributed by atoms with van der Waals surface area (Å²) in [6.07, 6.45) is -1.08. The first-order chi connectivity index (χ1) is 16.6. The molecule has 0 bridgehead atoms. The van der Waals surface area contributed by atoms with E-state index in [1.54, 1.807) is 28.2 Å². The summed E-state index contributed by atoms with van der Waals surface area (Å²) in [6.45, 7) is 0.469. The van der Waals surface area contributed by atoms with Gasteiger partial charge in [0, 0.05) is 0 Å². The van der Waals surface area contributed by atoms with Crippen molar-refractivity contribution >= 4 is 40.7 Å². The zero-order valence-electron chi connectivity index (χ0n) is 18.0. The van der Waals surface area contributed by atoms with Crippen LogP contribution in [0.15, 0.2) is 103 Å². The van der Waals surface area contributed by atoms with Crippen LogP contribution < -0.4 is 14.7 Å². The van der Waals surface area contributed by atoms with E-state index in [0.717, 1.165) is 22.6 Å². The van der Waals surface area contributed by atoms with Gasteiger partial charge in [0.15, 0.2) is 6.17 Å². The maximum atomic E-state index is 13.0. The minimum Gasteiger partial charge on any atom is -0.489 e. The van der Waals surface area contributed by atoms with Gasteiger partial charge in [-0.15, -0.1) is 0 Å². The molecule has 0 radical (unpaired) electrons. The predicted octanol–water partition coefficient (Wildman–Crippen LogP) is 7.65. The largest absolute Gasteiger partial charge is 0.489 e. The van der Waals surface area contributed by atoms with Gasteiger partial charge >= 0.3 is 6.09 Å². The van der Waals surface area contributed by atoms with Crippen molar-refractivity contribution in [3.63, 3.8) is 0 Å². The van der Waals surface area contributed by atoms with Gasteiger partial charge in [0.05, 0.1) is 21.4 Å². The van der Waals surface area contributed by atoms with Gasteiger partial charge in [-0.05, 0) is 53.6 Å². The molecule has 1 fully saturated rings. The van der Waals surface area contributed by atoms with Crippen LogP contribution in [0.2, 0.25) is 10.0 Å². The third-order valence-corrected chi connectivity index (χ3v) is 6.20. The fraction of sp³-hybridized carbons (Fsp3) is 0.0741. The lowest BCUT2D eigenvalue weighted by Crippen LogP contribution is -2.31. The number of halogens is 2. The van der Waals surface area contributed by atoms with Crippen molar-refractivity contribution in [1.82, 2.24) is 0 Å². The minimum absolute atomic E-state index is 0.355. The van der Waals surface area contributed by atoms with E-state index >= 15 is 0 Å². The lowest BCUT2D eigenvalue weighted by molar-refractivity contribution is 0.164. The quantitative estimate of drug-likeness (QED) is 0.278. The molecular weight excluding hydrogens is 471 g/mol. The number of rotatable bonds is 6. The van der Waals surface area contributed by atoms with Crippen LogP contribution in [0.1, 0.15) is 17.3 Å². The summed E-state index contributed by atoms with van der Waals surface area (Å²) in [5, 5.41) is 2.35. The van der Waals surface area contributed by atoms with Gasteiger partial charge in [-0.2, -0.15) is 5.06 Å². The second-order valence-corrected chi connectivity index (χ2v) is 8.52. The number of amides is 1. The van der Waals surface area contributed by atoms with E-state index in [-0.39, 0.29) is 0 Å². The van der Waals surface area contributed by atoms with E-state index in [2.05, 4.69) is 0 Å². The van der Waals surface area contributed by atoms with Gasteiger partial charge in [0.2, 0.25) is 0 Å². The first kappa shape index (κ1) is 22.1. The Balaban J connectivity index is 1.47. The highest BCUT2D eigenvalue weighted by Gasteiger charge is 2.43. The molecule has 5 rings (SSSR count). The van der Waals surface area contributed by atoms with Gasteiger partial charge in [-0.25, -0.2) is 9.69 Å². The van der Waals surface area contributed by atoms with Gasteiger partial charge in [-0.1, -0.05) is 83.9 Å². The number of anilines is 2. The van der Waals surface area contributed by atoms with Crippen molar-refractivity contribution in [2.75, 3.05) is 9.96 Å². The van der Waals surface area contributed by atoms with Crippen LogP contribution in [0, 0.1) is 0 Å². The third-order valence-electron chi connectivity index (χ3n) is 5.46. The number of para-hydroxylation sites is 1. The molecule has 1 amide bonds. The van der Waals surface area contributed by atoms with Gasteiger partial charge < -0.3 is 9.57 Å².